The number of nitrogens with zero attached hydrogens (tertiary/aromatic N) is 3. The molecule has 0 amide bonds. The third kappa shape index (κ3) is 6.82. The number of nitrogens with one attached hydrogen (secondary N) is 1. The molecule has 30 heavy (non-hydrogen) atoms. The number of imidazole rings is 1. The van der Waals surface area contributed by atoms with Gasteiger partial charge in [0.1, 0.15) is 17.6 Å². The summed E-state index contributed by atoms with van der Waals surface area (Å²) in [7, 11) is -0.251. The van der Waals surface area contributed by atoms with E-state index < -0.39 is 16.3 Å². The van der Waals surface area contributed by atoms with E-state index in [0.29, 0.717) is 30.7 Å². The Hall–Kier alpha value is -1.90. The second kappa shape index (κ2) is 10.9. The zero-order chi connectivity index (χ0) is 22.3. The predicted molar refractivity (Wildman–Crippen MR) is 121 cm³/mol. The molecule has 1 unspecified atom stereocenters. The molecule has 8 heteroatoms. The summed E-state index contributed by atoms with van der Waals surface area (Å²) >= 11 is 0. The normalized spacial score (nSPS) is 13.4. The van der Waals surface area contributed by atoms with Crippen molar-refractivity contribution in [2.45, 2.75) is 46.6 Å². The van der Waals surface area contributed by atoms with Crippen LogP contribution >= 0.6 is 0 Å². The van der Waals surface area contributed by atoms with Crippen molar-refractivity contribution in [2.24, 2.45) is 18.9 Å². The van der Waals surface area contributed by atoms with Crippen LogP contribution in [0.1, 0.15) is 58.0 Å². The molecule has 0 spiro atoms. The Bertz CT molecular complexity index is 864. The third-order valence-electron chi connectivity index (χ3n) is 5.08. The summed E-state index contributed by atoms with van der Waals surface area (Å²) in [6.45, 7) is 9.41. The summed E-state index contributed by atoms with van der Waals surface area (Å²) in [5.74, 6) is 2.20. The topological polar surface area (TPSA) is 76.5 Å². The van der Waals surface area contributed by atoms with E-state index in [1.807, 2.05) is 42.1 Å². The zero-order valence-electron chi connectivity index (χ0n) is 19.0. The number of methoxy groups -OCH3 is 1. The molecule has 1 aromatic carbocycles. The quantitative estimate of drug-likeness (QED) is 0.550. The van der Waals surface area contributed by atoms with Gasteiger partial charge in [-0.2, -0.15) is 17.4 Å². The van der Waals surface area contributed by atoms with E-state index >= 15 is 0 Å². The summed E-state index contributed by atoms with van der Waals surface area (Å²) in [5, 5.41) is 0. The maximum Gasteiger partial charge on any atom is 0.280 e. The molecule has 2 aromatic rings. The summed E-state index contributed by atoms with van der Waals surface area (Å²) in [4.78, 5) is 4.41. The van der Waals surface area contributed by atoms with Gasteiger partial charge in [-0.25, -0.2) is 4.98 Å². The van der Waals surface area contributed by atoms with Crippen molar-refractivity contribution in [1.82, 2.24) is 18.6 Å². The van der Waals surface area contributed by atoms with Crippen molar-refractivity contribution in [3.63, 3.8) is 0 Å². The second-order valence-electron chi connectivity index (χ2n) is 8.49. The SMILES string of the molecule is COc1ccc(C(NS(=O)(=O)N(CCC(C)C)CCC(C)C)c2nccn2C)cc1. The van der Waals surface area contributed by atoms with Crippen molar-refractivity contribution in [3.8, 4) is 5.75 Å². The standard InChI is InChI=1S/C22H36N4O3S/c1-17(2)11-14-26(15-12-18(3)4)30(27,28)24-21(22-23-13-16-25(22)5)19-7-9-20(29-6)10-8-19/h7-10,13,16-18,21,24H,11-12,14-15H2,1-6H3. The maximum absolute atomic E-state index is 13.4. The van der Waals surface area contributed by atoms with Gasteiger partial charge in [-0.1, -0.05) is 39.8 Å². The molecular weight excluding hydrogens is 400 g/mol. The first kappa shape index (κ1) is 24.4. The minimum Gasteiger partial charge on any atom is -0.497 e. The van der Waals surface area contributed by atoms with Gasteiger partial charge in [-0.05, 0) is 42.4 Å². The van der Waals surface area contributed by atoms with E-state index in [1.165, 1.54) is 0 Å². The van der Waals surface area contributed by atoms with Gasteiger partial charge >= 0.3 is 0 Å². The van der Waals surface area contributed by atoms with Crippen molar-refractivity contribution in [1.29, 1.82) is 0 Å². The van der Waals surface area contributed by atoms with Gasteiger partial charge in [0, 0.05) is 32.5 Å². The van der Waals surface area contributed by atoms with Gasteiger partial charge in [0.2, 0.25) is 0 Å². The summed E-state index contributed by atoms with van der Waals surface area (Å²) < 4.78 is 38.4. The molecule has 168 valence electrons. The highest BCUT2D eigenvalue weighted by Gasteiger charge is 2.29. The molecular formula is C22H36N4O3S. The van der Waals surface area contributed by atoms with Crippen LogP contribution in [0.3, 0.4) is 0 Å². The van der Waals surface area contributed by atoms with Crippen molar-refractivity contribution >= 4 is 10.2 Å². The summed E-state index contributed by atoms with van der Waals surface area (Å²) in [6, 6.07) is 6.80. The molecule has 2 rings (SSSR count). The summed E-state index contributed by atoms with van der Waals surface area (Å²) in [5.41, 5.74) is 0.807. The highest BCUT2D eigenvalue weighted by molar-refractivity contribution is 7.87. The lowest BCUT2D eigenvalue weighted by Crippen LogP contribution is -2.44. The Balaban J connectivity index is 2.35. The zero-order valence-corrected chi connectivity index (χ0v) is 19.8. The fourth-order valence-corrected chi connectivity index (χ4v) is 4.48. The number of rotatable bonds is 12. The molecule has 1 N–H and O–H groups in total. The molecule has 0 saturated heterocycles. The Morgan fingerprint density at radius 2 is 1.63 bits per heavy atom. The van der Waals surface area contributed by atoms with Gasteiger partial charge in [-0.3, -0.25) is 0 Å². The first-order valence-electron chi connectivity index (χ1n) is 10.5. The molecule has 0 bridgehead atoms. The van der Waals surface area contributed by atoms with Crippen LogP contribution in [0.5, 0.6) is 5.75 Å². The molecule has 1 aromatic heterocycles. The Morgan fingerprint density at radius 3 is 2.07 bits per heavy atom. The van der Waals surface area contributed by atoms with Crippen LogP contribution in [0.2, 0.25) is 0 Å². The Morgan fingerprint density at radius 1 is 1.07 bits per heavy atom. The Kier molecular flexibility index (Phi) is 8.88. The third-order valence-corrected chi connectivity index (χ3v) is 6.66. The van der Waals surface area contributed by atoms with E-state index in [4.69, 9.17) is 4.74 Å². The lowest BCUT2D eigenvalue weighted by atomic mass is 10.1. The number of hydrogen-bond acceptors (Lipinski definition) is 4. The molecule has 0 fully saturated rings. The molecule has 1 atom stereocenters. The Labute approximate surface area is 181 Å². The monoisotopic (exact) mass is 436 g/mol. The van der Waals surface area contributed by atoms with E-state index in [9.17, 15) is 8.42 Å². The minimum absolute atomic E-state index is 0.425. The van der Waals surface area contributed by atoms with Crippen molar-refractivity contribution < 1.29 is 13.2 Å². The highest BCUT2D eigenvalue weighted by atomic mass is 32.2. The smallest absolute Gasteiger partial charge is 0.280 e. The molecule has 0 radical (unpaired) electrons. The van der Waals surface area contributed by atoms with Gasteiger partial charge in [0.05, 0.1) is 7.11 Å². The van der Waals surface area contributed by atoms with E-state index in [1.54, 1.807) is 17.6 Å². The fourth-order valence-electron chi connectivity index (χ4n) is 3.10. The van der Waals surface area contributed by atoms with Crippen molar-refractivity contribution in [2.75, 3.05) is 20.2 Å². The molecule has 0 aliphatic rings. The average molecular weight is 437 g/mol. The number of aryl methyl sites for hydroxylation is 1. The van der Waals surface area contributed by atoms with Gasteiger partial charge in [0.25, 0.3) is 10.2 Å². The molecule has 7 nitrogen and oxygen atoms in total. The largest absolute Gasteiger partial charge is 0.497 e. The van der Waals surface area contributed by atoms with Crippen LogP contribution in [0.4, 0.5) is 0 Å². The van der Waals surface area contributed by atoms with Crippen LogP contribution in [-0.2, 0) is 17.3 Å². The second-order valence-corrected chi connectivity index (χ2v) is 10.2. The molecule has 0 aliphatic heterocycles. The average Bonchev–Trinajstić information content (AvgIpc) is 3.11. The number of ether oxygens (including phenoxy) is 1. The van der Waals surface area contributed by atoms with Crippen LogP contribution in [-0.4, -0.2) is 42.5 Å². The summed E-state index contributed by atoms with van der Waals surface area (Å²) in [6.07, 6.45) is 5.12. The number of aromatic nitrogens is 2. The predicted octanol–water partition coefficient (Wildman–Crippen LogP) is 3.75. The van der Waals surface area contributed by atoms with Crippen LogP contribution < -0.4 is 9.46 Å². The van der Waals surface area contributed by atoms with Crippen LogP contribution in [0.15, 0.2) is 36.7 Å². The highest BCUT2D eigenvalue weighted by Crippen LogP contribution is 2.25. The van der Waals surface area contributed by atoms with Gasteiger partial charge in [-0.15, -0.1) is 0 Å². The van der Waals surface area contributed by atoms with E-state index in [-0.39, 0.29) is 0 Å². The first-order valence-corrected chi connectivity index (χ1v) is 12.0. The van der Waals surface area contributed by atoms with Crippen LogP contribution in [0.25, 0.3) is 0 Å². The van der Waals surface area contributed by atoms with Gasteiger partial charge in [0.15, 0.2) is 0 Å². The fraction of sp³-hybridized carbons (Fsp3) is 0.591. The first-order chi connectivity index (χ1) is 14.1. The molecule has 1 heterocycles. The van der Waals surface area contributed by atoms with E-state index in [0.717, 1.165) is 24.2 Å². The molecule has 0 saturated carbocycles. The molecule has 0 aliphatic carbocycles. The maximum atomic E-state index is 13.4. The van der Waals surface area contributed by atoms with Crippen LogP contribution in [0, 0.1) is 11.8 Å². The minimum atomic E-state index is -3.72. The lowest BCUT2D eigenvalue weighted by Gasteiger charge is -2.27. The van der Waals surface area contributed by atoms with Crippen molar-refractivity contribution in [3.05, 3.63) is 48.0 Å². The number of hydrogen-bond donors (Lipinski definition) is 1. The van der Waals surface area contributed by atoms with E-state index in [2.05, 4.69) is 37.4 Å². The lowest BCUT2D eigenvalue weighted by molar-refractivity contribution is 0.350. The number of benzene rings is 1. The van der Waals surface area contributed by atoms with Gasteiger partial charge < -0.3 is 9.30 Å².